The molecule has 94 valence electrons. The molecule has 0 spiro atoms. The van der Waals surface area contributed by atoms with Crippen molar-refractivity contribution in [3.63, 3.8) is 0 Å². The number of rotatable bonds is 2. The van der Waals surface area contributed by atoms with Gasteiger partial charge in [-0.05, 0) is 51.5 Å². The Hall–Kier alpha value is -0.0800. The molecule has 2 atom stereocenters. The molecular weight excluding hydrogens is 198 g/mol. The van der Waals surface area contributed by atoms with E-state index in [1.165, 1.54) is 38.5 Å². The van der Waals surface area contributed by atoms with Crippen LogP contribution in [-0.2, 0) is 0 Å². The molecular formula is C14H27NO. The molecule has 2 fully saturated rings. The number of hydrogen-bond donors (Lipinski definition) is 1. The second kappa shape index (κ2) is 5.50. The van der Waals surface area contributed by atoms with E-state index < -0.39 is 0 Å². The average Bonchev–Trinajstić information content (AvgIpc) is 2.30. The molecule has 2 unspecified atom stereocenters. The van der Waals surface area contributed by atoms with Crippen LogP contribution in [-0.4, -0.2) is 35.2 Å². The molecule has 0 amide bonds. The summed E-state index contributed by atoms with van der Waals surface area (Å²) in [5, 5.41) is 9.55. The van der Waals surface area contributed by atoms with E-state index in [4.69, 9.17) is 0 Å². The van der Waals surface area contributed by atoms with Gasteiger partial charge in [-0.2, -0.15) is 0 Å². The average molecular weight is 225 g/mol. The summed E-state index contributed by atoms with van der Waals surface area (Å²) in [4.78, 5) is 2.63. The Morgan fingerprint density at radius 1 is 0.938 bits per heavy atom. The standard InChI is InChI=1S/C14H27NO/c1-11-5-3-4-6-14(11)15(2)12-7-9-13(16)10-8-12/h11-14,16H,3-10H2,1-2H3. The lowest BCUT2D eigenvalue weighted by molar-refractivity contribution is 0.0413. The van der Waals surface area contributed by atoms with Crippen LogP contribution in [0.5, 0.6) is 0 Å². The SMILES string of the molecule is CC1CCCCC1N(C)C1CCC(O)CC1. The van der Waals surface area contributed by atoms with Gasteiger partial charge in [0.2, 0.25) is 0 Å². The van der Waals surface area contributed by atoms with Crippen LogP contribution in [0.4, 0.5) is 0 Å². The van der Waals surface area contributed by atoms with E-state index in [1.807, 2.05) is 0 Å². The molecule has 16 heavy (non-hydrogen) atoms. The minimum absolute atomic E-state index is 0.0200. The quantitative estimate of drug-likeness (QED) is 0.781. The van der Waals surface area contributed by atoms with Gasteiger partial charge in [-0.3, -0.25) is 0 Å². The van der Waals surface area contributed by atoms with Crippen LogP contribution in [0.3, 0.4) is 0 Å². The van der Waals surface area contributed by atoms with E-state index in [0.717, 1.165) is 30.8 Å². The molecule has 0 aromatic carbocycles. The van der Waals surface area contributed by atoms with E-state index in [-0.39, 0.29) is 6.10 Å². The molecule has 0 saturated heterocycles. The fourth-order valence-corrected chi connectivity index (χ4v) is 3.64. The third-order valence-corrected chi connectivity index (χ3v) is 4.83. The summed E-state index contributed by atoms with van der Waals surface area (Å²) in [6.45, 7) is 2.41. The zero-order valence-electron chi connectivity index (χ0n) is 10.9. The zero-order valence-corrected chi connectivity index (χ0v) is 10.9. The Bertz CT molecular complexity index is 211. The molecule has 0 aromatic rings. The molecule has 0 radical (unpaired) electrons. The molecule has 2 rings (SSSR count). The maximum absolute atomic E-state index is 9.55. The normalized spacial score (nSPS) is 41.2. The Morgan fingerprint density at radius 2 is 1.56 bits per heavy atom. The van der Waals surface area contributed by atoms with Crippen molar-refractivity contribution in [3.05, 3.63) is 0 Å². The minimum atomic E-state index is -0.0200. The first kappa shape index (κ1) is 12.4. The van der Waals surface area contributed by atoms with Crippen molar-refractivity contribution < 1.29 is 5.11 Å². The van der Waals surface area contributed by atoms with Crippen LogP contribution >= 0.6 is 0 Å². The fraction of sp³-hybridized carbons (Fsp3) is 1.00. The minimum Gasteiger partial charge on any atom is -0.393 e. The fourth-order valence-electron chi connectivity index (χ4n) is 3.64. The largest absolute Gasteiger partial charge is 0.393 e. The predicted octanol–water partition coefficient (Wildman–Crippen LogP) is 2.80. The number of aliphatic hydroxyl groups is 1. The topological polar surface area (TPSA) is 23.5 Å². The van der Waals surface area contributed by atoms with Crippen molar-refractivity contribution in [1.82, 2.24) is 4.90 Å². The van der Waals surface area contributed by atoms with Crippen LogP contribution < -0.4 is 0 Å². The second-order valence-corrected chi connectivity index (χ2v) is 5.96. The maximum atomic E-state index is 9.55. The summed E-state index contributed by atoms with van der Waals surface area (Å²) in [6.07, 6.45) is 10.0. The Morgan fingerprint density at radius 3 is 2.19 bits per heavy atom. The van der Waals surface area contributed by atoms with Gasteiger partial charge in [0.1, 0.15) is 0 Å². The van der Waals surface area contributed by atoms with Crippen molar-refractivity contribution in [3.8, 4) is 0 Å². The molecule has 2 saturated carbocycles. The molecule has 2 aliphatic carbocycles. The summed E-state index contributed by atoms with van der Waals surface area (Å²) in [5.41, 5.74) is 0. The molecule has 2 aliphatic rings. The van der Waals surface area contributed by atoms with E-state index in [2.05, 4.69) is 18.9 Å². The second-order valence-electron chi connectivity index (χ2n) is 5.96. The van der Waals surface area contributed by atoms with Crippen molar-refractivity contribution in [2.24, 2.45) is 5.92 Å². The Balaban J connectivity index is 1.88. The smallest absolute Gasteiger partial charge is 0.0541 e. The highest BCUT2D eigenvalue weighted by molar-refractivity contribution is 4.86. The van der Waals surface area contributed by atoms with Crippen LogP contribution in [0.25, 0.3) is 0 Å². The lowest BCUT2D eigenvalue weighted by atomic mass is 9.82. The van der Waals surface area contributed by atoms with Gasteiger partial charge in [-0.25, -0.2) is 0 Å². The predicted molar refractivity (Wildman–Crippen MR) is 67.4 cm³/mol. The van der Waals surface area contributed by atoms with Crippen molar-refractivity contribution >= 4 is 0 Å². The van der Waals surface area contributed by atoms with Crippen molar-refractivity contribution in [2.75, 3.05) is 7.05 Å². The van der Waals surface area contributed by atoms with Gasteiger partial charge < -0.3 is 10.0 Å². The van der Waals surface area contributed by atoms with Crippen molar-refractivity contribution in [1.29, 1.82) is 0 Å². The lowest BCUT2D eigenvalue weighted by Crippen LogP contribution is -2.46. The van der Waals surface area contributed by atoms with Crippen molar-refractivity contribution in [2.45, 2.75) is 76.5 Å². The number of hydrogen-bond acceptors (Lipinski definition) is 2. The van der Waals surface area contributed by atoms with Gasteiger partial charge in [0.05, 0.1) is 6.10 Å². The first-order chi connectivity index (χ1) is 7.68. The monoisotopic (exact) mass is 225 g/mol. The van der Waals surface area contributed by atoms with Gasteiger partial charge in [-0.15, -0.1) is 0 Å². The summed E-state index contributed by atoms with van der Waals surface area (Å²) >= 11 is 0. The molecule has 0 aromatic heterocycles. The van der Waals surface area contributed by atoms with Crippen LogP contribution in [0.1, 0.15) is 58.3 Å². The van der Waals surface area contributed by atoms with Gasteiger partial charge in [-0.1, -0.05) is 19.8 Å². The summed E-state index contributed by atoms with van der Waals surface area (Å²) in [5.74, 6) is 0.866. The van der Waals surface area contributed by atoms with Crippen LogP contribution in [0, 0.1) is 5.92 Å². The number of aliphatic hydroxyl groups excluding tert-OH is 1. The first-order valence-electron chi connectivity index (χ1n) is 7.08. The highest BCUT2D eigenvalue weighted by Gasteiger charge is 2.31. The van der Waals surface area contributed by atoms with E-state index in [1.54, 1.807) is 0 Å². The molecule has 2 nitrogen and oxygen atoms in total. The molecule has 0 bridgehead atoms. The third-order valence-electron chi connectivity index (χ3n) is 4.83. The zero-order chi connectivity index (χ0) is 11.5. The summed E-state index contributed by atoms with van der Waals surface area (Å²) < 4.78 is 0. The van der Waals surface area contributed by atoms with Gasteiger partial charge in [0.15, 0.2) is 0 Å². The van der Waals surface area contributed by atoms with E-state index >= 15 is 0 Å². The highest BCUT2D eigenvalue weighted by atomic mass is 16.3. The molecule has 0 aliphatic heterocycles. The lowest BCUT2D eigenvalue weighted by Gasteiger charge is -2.42. The Kier molecular flexibility index (Phi) is 4.26. The summed E-state index contributed by atoms with van der Waals surface area (Å²) in [7, 11) is 2.31. The molecule has 1 N–H and O–H groups in total. The van der Waals surface area contributed by atoms with Gasteiger partial charge in [0.25, 0.3) is 0 Å². The van der Waals surface area contributed by atoms with Gasteiger partial charge in [0, 0.05) is 12.1 Å². The molecule has 0 heterocycles. The maximum Gasteiger partial charge on any atom is 0.0541 e. The van der Waals surface area contributed by atoms with E-state index in [0.29, 0.717) is 0 Å². The van der Waals surface area contributed by atoms with Crippen LogP contribution in [0.2, 0.25) is 0 Å². The van der Waals surface area contributed by atoms with Gasteiger partial charge >= 0.3 is 0 Å². The van der Waals surface area contributed by atoms with E-state index in [9.17, 15) is 5.11 Å². The molecule has 2 heteroatoms. The summed E-state index contributed by atoms with van der Waals surface area (Å²) in [6, 6.07) is 1.53. The third kappa shape index (κ3) is 2.78. The first-order valence-corrected chi connectivity index (χ1v) is 7.08. The Labute approximate surface area is 100 Å². The number of nitrogens with zero attached hydrogens (tertiary/aromatic N) is 1. The highest BCUT2D eigenvalue weighted by Crippen LogP contribution is 2.32. The van der Waals surface area contributed by atoms with Crippen LogP contribution in [0.15, 0.2) is 0 Å².